The van der Waals surface area contributed by atoms with Gasteiger partial charge < -0.3 is 5.11 Å². The Balaban J connectivity index is 2.64. The van der Waals surface area contributed by atoms with Crippen LogP contribution >= 0.6 is 0 Å². The summed E-state index contributed by atoms with van der Waals surface area (Å²) in [6, 6.07) is 7.13. The maximum absolute atomic E-state index is 11.3. The molecule has 0 saturated heterocycles. The number of hydrogen-bond acceptors (Lipinski definition) is 2. The molecule has 3 nitrogen and oxygen atoms in total. The number of Topliss-reactive ketones (excluding diaryl/α,β-unsaturated/α-hetero) is 1. The zero-order valence-corrected chi connectivity index (χ0v) is 8.69. The van der Waals surface area contributed by atoms with E-state index in [-0.39, 0.29) is 12.2 Å². The summed E-state index contributed by atoms with van der Waals surface area (Å²) in [5.74, 6) is -0.691. The van der Waals surface area contributed by atoms with E-state index in [2.05, 4.69) is 0 Å². The van der Waals surface area contributed by atoms with Gasteiger partial charge in [-0.2, -0.15) is 0 Å². The van der Waals surface area contributed by atoms with Crippen molar-refractivity contribution >= 4 is 11.8 Å². The molecule has 0 radical (unpaired) electrons. The standard InChI is InChI=1S/C12H14O3/c1-2-11(13)10-6-3-9(4-7-10)5-8-12(14)15/h3-4,6-7H,2,5,8H2,1H3,(H,14,15). The van der Waals surface area contributed by atoms with E-state index in [0.29, 0.717) is 18.4 Å². The fourth-order valence-electron chi connectivity index (χ4n) is 1.31. The maximum Gasteiger partial charge on any atom is 0.303 e. The first-order chi connectivity index (χ1) is 7.13. The van der Waals surface area contributed by atoms with Gasteiger partial charge in [-0.05, 0) is 12.0 Å². The zero-order valence-electron chi connectivity index (χ0n) is 8.69. The van der Waals surface area contributed by atoms with Crippen molar-refractivity contribution in [2.24, 2.45) is 0 Å². The number of carbonyl (C=O) groups excluding carboxylic acids is 1. The summed E-state index contributed by atoms with van der Waals surface area (Å²) in [6.45, 7) is 1.82. The Labute approximate surface area is 88.7 Å². The van der Waals surface area contributed by atoms with Gasteiger partial charge in [0.2, 0.25) is 0 Å². The van der Waals surface area contributed by atoms with E-state index in [4.69, 9.17) is 5.11 Å². The molecule has 0 fully saturated rings. The molecule has 0 amide bonds. The van der Waals surface area contributed by atoms with Crippen LogP contribution < -0.4 is 0 Å². The van der Waals surface area contributed by atoms with E-state index in [9.17, 15) is 9.59 Å². The van der Waals surface area contributed by atoms with E-state index in [0.717, 1.165) is 5.56 Å². The lowest BCUT2D eigenvalue weighted by molar-refractivity contribution is -0.136. The molecule has 0 saturated carbocycles. The first-order valence-electron chi connectivity index (χ1n) is 4.97. The van der Waals surface area contributed by atoms with Crippen LogP contribution in [-0.4, -0.2) is 16.9 Å². The number of benzene rings is 1. The lowest BCUT2D eigenvalue weighted by Gasteiger charge is -2.01. The van der Waals surface area contributed by atoms with Gasteiger partial charge in [-0.1, -0.05) is 31.2 Å². The van der Waals surface area contributed by atoms with Gasteiger partial charge in [0.15, 0.2) is 5.78 Å². The molecule has 1 rings (SSSR count). The van der Waals surface area contributed by atoms with Gasteiger partial charge >= 0.3 is 5.97 Å². The third-order valence-electron chi connectivity index (χ3n) is 2.22. The molecule has 0 aliphatic heterocycles. The van der Waals surface area contributed by atoms with Gasteiger partial charge in [-0.15, -0.1) is 0 Å². The Bertz CT molecular complexity index is 352. The third kappa shape index (κ3) is 3.54. The van der Waals surface area contributed by atoms with Gasteiger partial charge in [0.1, 0.15) is 0 Å². The topological polar surface area (TPSA) is 54.4 Å². The van der Waals surface area contributed by atoms with Crippen molar-refractivity contribution < 1.29 is 14.7 Å². The van der Waals surface area contributed by atoms with Crippen LogP contribution in [0.1, 0.15) is 35.7 Å². The van der Waals surface area contributed by atoms with Gasteiger partial charge in [0, 0.05) is 18.4 Å². The summed E-state index contributed by atoms with van der Waals surface area (Å²) in [5.41, 5.74) is 1.64. The Morgan fingerprint density at radius 3 is 2.27 bits per heavy atom. The molecule has 1 aromatic rings. The highest BCUT2D eigenvalue weighted by Gasteiger charge is 2.03. The molecule has 3 heteroatoms. The second-order valence-electron chi connectivity index (χ2n) is 3.37. The summed E-state index contributed by atoms with van der Waals surface area (Å²) in [6.07, 6.45) is 1.13. The molecule has 0 atom stereocenters. The normalized spacial score (nSPS) is 9.93. The van der Waals surface area contributed by atoms with Crippen LogP contribution in [0.5, 0.6) is 0 Å². The second-order valence-corrected chi connectivity index (χ2v) is 3.37. The van der Waals surface area contributed by atoms with Crippen LogP contribution in [0.2, 0.25) is 0 Å². The van der Waals surface area contributed by atoms with E-state index in [1.54, 1.807) is 12.1 Å². The highest BCUT2D eigenvalue weighted by molar-refractivity contribution is 5.95. The maximum atomic E-state index is 11.3. The third-order valence-corrected chi connectivity index (χ3v) is 2.22. The number of carbonyl (C=O) groups is 2. The minimum absolute atomic E-state index is 0.111. The fraction of sp³-hybridized carbons (Fsp3) is 0.333. The Morgan fingerprint density at radius 1 is 1.20 bits per heavy atom. The molecule has 0 unspecified atom stereocenters. The lowest BCUT2D eigenvalue weighted by atomic mass is 10.0. The number of carboxylic acid groups (broad SMARTS) is 1. The molecule has 1 N–H and O–H groups in total. The van der Waals surface area contributed by atoms with Crippen LogP contribution in [0.15, 0.2) is 24.3 Å². The molecule has 0 bridgehead atoms. The molecule has 0 aromatic heterocycles. The van der Waals surface area contributed by atoms with Crippen molar-refractivity contribution in [3.05, 3.63) is 35.4 Å². The van der Waals surface area contributed by atoms with Crippen LogP contribution in [0.3, 0.4) is 0 Å². The van der Waals surface area contributed by atoms with Gasteiger partial charge in [-0.25, -0.2) is 0 Å². The van der Waals surface area contributed by atoms with Gasteiger partial charge in [0.05, 0.1) is 0 Å². The predicted molar refractivity (Wildman–Crippen MR) is 57.0 cm³/mol. The zero-order chi connectivity index (χ0) is 11.3. The number of aryl methyl sites for hydroxylation is 1. The fourth-order valence-corrected chi connectivity index (χ4v) is 1.31. The van der Waals surface area contributed by atoms with Crippen LogP contribution in [0, 0.1) is 0 Å². The molecule has 80 valence electrons. The van der Waals surface area contributed by atoms with E-state index in [1.807, 2.05) is 19.1 Å². The predicted octanol–water partition coefficient (Wildman–Crippen LogP) is 2.30. The molecule has 0 aliphatic carbocycles. The van der Waals surface area contributed by atoms with Crippen molar-refractivity contribution in [1.29, 1.82) is 0 Å². The number of hydrogen-bond donors (Lipinski definition) is 1. The molecule has 0 spiro atoms. The molecule has 1 aromatic carbocycles. The Kier molecular flexibility index (Phi) is 4.03. The average Bonchev–Trinajstić information content (AvgIpc) is 2.26. The van der Waals surface area contributed by atoms with Crippen LogP contribution in [0.4, 0.5) is 0 Å². The highest BCUT2D eigenvalue weighted by atomic mass is 16.4. The molecular weight excluding hydrogens is 192 g/mol. The van der Waals surface area contributed by atoms with Crippen molar-refractivity contribution in [2.45, 2.75) is 26.2 Å². The van der Waals surface area contributed by atoms with Crippen LogP contribution in [0.25, 0.3) is 0 Å². The number of rotatable bonds is 5. The first-order valence-corrected chi connectivity index (χ1v) is 4.97. The smallest absolute Gasteiger partial charge is 0.303 e. The number of ketones is 1. The summed E-state index contributed by atoms with van der Waals surface area (Å²) in [7, 11) is 0. The molecule has 15 heavy (non-hydrogen) atoms. The second kappa shape index (κ2) is 5.29. The van der Waals surface area contributed by atoms with E-state index < -0.39 is 5.97 Å². The molecule has 0 aliphatic rings. The van der Waals surface area contributed by atoms with Crippen LogP contribution in [-0.2, 0) is 11.2 Å². The lowest BCUT2D eigenvalue weighted by Crippen LogP contribution is -1.99. The summed E-state index contributed by atoms with van der Waals surface area (Å²) < 4.78 is 0. The highest BCUT2D eigenvalue weighted by Crippen LogP contribution is 2.08. The van der Waals surface area contributed by atoms with Crippen molar-refractivity contribution in [3.63, 3.8) is 0 Å². The monoisotopic (exact) mass is 206 g/mol. The Hall–Kier alpha value is -1.64. The number of carboxylic acids is 1. The average molecular weight is 206 g/mol. The van der Waals surface area contributed by atoms with Crippen molar-refractivity contribution in [3.8, 4) is 0 Å². The first kappa shape index (κ1) is 11.4. The summed E-state index contributed by atoms with van der Waals surface area (Å²) in [5, 5.41) is 8.50. The minimum Gasteiger partial charge on any atom is -0.481 e. The van der Waals surface area contributed by atoms with E-state index >= 15 is 0 Å². The minimum atomic E-state index is -0.802. The number of aliphatic carboxylic acids is 1. The largest absolute Gasteiger partial charge is 0.481 e. The van der Waals surface area contributed by atoms with E-state index in [1.165, 1.54) is 0 Å². The summed E-state index contributed by atoms with van der Waals surface area (Å²) in [4.78, 5) is 21.6. The van der Waals surface area contributed by atoms with Crippen molar-refractivity contribution in [1.82, 2.24) is 0 Å². The molecule has 0 heterocycles. The van der Waals surface area contributed by atoms with Gasteiger partial charge in [0.25, 0.3) is 0 Å². The Morgan fingerprint density at radius 2 is 1.80 bits per heavy atom. The molecular formula is C12H14O3. The SMILES string of the molecule is CCC(=O)c1ccc(CCC(=O)O)cc1. The van der Waals surface area contributed by atoms with Gasteiger partial charge in [-0.3, -0.25) is 9.59 Å². The summed E-state index contributed by atoms with van der Waals surface area (Å²) >= 11 is 0. The van der Waals surface area contributed by atoms with Crippen molar-refractivity contribution in [2.75, 3.05) is 0 Å². The quantitative estimate of drug-likeness (QED) is 0.752.